The number of nitrogens with two attached hydrogens (primary N) is 1. The summed E-state index contributed by atoms with van der Waals surface area (Å²) < 4.78 is 27.8. The van der Waals surface area contributed by atoms with Crippen molar-refractivity contribution < 1.29 is 8.42 Å². The van der Waals surface area contributed by atoms with Crippen molar-refractivity contribution in [1.29, 1.82) is 0 Å². The highest BCUT2D eigenvalue weighted by atomic mass is 32.2. The summed E-state index contributed by atoms with van der Waals surface area (Å²) in [6, 6.07) is 3.61. The van der Waals surface area contributed by atoms with Gasteiger partial charge >= 0.3 is 0 Å². The van der Waals surface area contributed by atoms with Gasteiger partial charge in [-0.3, -0.25) is 0 Å². The molecule has 0 aliphatic carbocycles. The Balaban J connectivity index is 2.15. The third-order valence-corrected chi connectivity index (χ3v) is 6.66. The van der Waals surface area contributed by atoms with E-state index in [4.69, 9.17) is 5.73 Å². The summed E-state index contributed by atoms with van der Waals surface area (Å²) in [6.45, 7) is 4.68. The fourth-order valence-corrected chi connectivity index (χ4v) is 5.23. The van der Waals surface area contributed by atoms with Crippen LogP contribution in [0, 0.1) is 19.8 Å². The van der Waals surface area contributed by atoms with Crippen LogP contribution < -0.4 is 10.5 Å². The van der Waals surface area contributed by atoms with Gasteiger partial charge in [0.05, 0.1) is 4.90 Å². The number of rotatable bonds is 5. The zero-order chi connectivity index (χ0) is 15.5. The molecule has 6 heteroatoms. The van der Waals surface area contributed by atoms with Crippen LogP contribution in [0.2, 0.25) is 0 Å². The van der Waals surface area contributed by atoms with Gasteiger partial charge in [-0.1, -0.05) is 6.07 Å². The van der Waals surface area contributed by atoms with E-state index in [1.807, 2.05) is 31.7 Å². The first-order valence-corrected chi connectivity index (χ1v) is 9.95. The van der Waals surface area contributed by atoms with E-state index < -0.39 is 10.0 Å². The molecular weight excluding hydrogens is 304 g/mol. The molecule has 0 saturated carbocycles. The Morgan fingerprint density at radius 3 is 2.52 bits per heavy atom. The molecule has 0 radical (unpaired) electrons. The molecule has 0 aromatic heterocycles. The molecule has 1 aliphatic rings. The molecule has 118 valence electrons. The third-order valence-electron chi connectivity index (χ3n) is 4.05. The SMILES string of the molecule is Cc1cc(C)c(S(=O)(=O)NCC2CCSCC2)cc1CN. The fourth-order valence-electron chi connectivity index (χ4n) is 2.64. The highest BCUT2D eigenvalue weighted by Gasteiger charge is 2.21. The number of hydrogen-bond donors (Lipinski definition) is 2. The lowest BCUT2D eigenvalue weighted by atomic mass is 10.0. The molecule has 1 saturated heterocycles. The summed E-state index contributed by atoms with van der Waals surface area (Å²) in [5.74, 6) is 2.72. The van der Waals surface area contributed by atoms with E-state index in [2.05, 4.69) is 4.72 Å². The van der Waals surface area contributed by atoms with Gasteiger partial charge in [0.2, 0.25) is 10.0 Å². The summed E-state index contributed by atoms with van der Waals surface area (Å²) in [5.41, 5.74) is 8.39. The second-order valence-corrected chi connectivity index (χ2v) is 8.62. The first kappa shape index (κ1) is 16.8. The average molecular weight is 329 g/mol. The second kappa shape index (κ2) is 7.13. The lowest BCUT2D eigenvalue weighted by Crippen LogP contribution is -2.31. The van der Waals surface area contributed by atoms with Crippen LogP contribution >= 0.6 is 11.8 Å². The molecule has 0 amide bonds. The second-order valence-electron chi connectivity index (χ2n) is 5.66. The van der Waals surface area contributed by atoms with Gasteiger partial charge in [0, 0.05) is 13.1 Å². The van der Waals surface area contributed by atoms with Gasteiger partial charge in [-0.25, -0.2) is 13.1 Å². The molecular formula is C15H24N2O2S2. The first-order valence-electron chi connectivity index (χ1n) is 7.31. The Bertz CT molecular complexity index is 594. The predicted molar refractivity (Wildman–Crippen MR) is 89.0 cm³/mol. The van der Waals surface area contributed by atoms with Gasteiger partial charge in [0.15, 0.2) is 0 Å². The average Bonchev–Trinajstić information content (AvgIpc) is 2.46. The molecule has 4 nitrogen and oxygen atoms in total. The normalized spacial score (nSPS) is 17.1. The van der Waals surface area contributed by atoms with Crippen LogP contribution in [-0.2, 0) is 16.6 Å². The Morgan fingerprint density at radius 1 is 1.24 bits per heavy atom. The standard InChI is InChI=1S/C15H24N2O2S2/c1-11-7-12(2)15(8-14(11)9-16)21(18,19)17-10-13-3-5-20-6-4-13/h7-8,13,17H,3-6,9-10,16H2,1-2H3. The van der Waals surface area contributed by atoms with Crippen molar-refractivity contribution >= 4 is 21.8 Å². The van der Waals surface area contributed by atoms with E-state index in [0.717, 1.165) is 41.0 Å². The molecule has 1 heterocycles. The quantitative estimate of drug-likeness (QED) is 0.869. The summed E-state index contributed by atoms with van der Waals surface area (Å²) in [6.07, 6.45) is 2.18. The lowest BCUT2D eigenvalue weighted by Gasteiger charge is -2.22. The smallest absolute Gasteiger partial charge is 0.240 e. The van der Waals surface area contributed by atoms with Gasteiger partial charge in [0.25, 0.3) is 0 Å². The molecule has 0 unspecified atom stereocenters. The Morgan fingerprint density at radius 2 is 1.90 bits per heavy atom. The highest BCUT2D eigenvalue weighted by Crippen LogP contribution is 2.24. The molecule has 0 spiro atoms. The molecule has 1 aliphatic heterocycles. The summed E-state index contributed by atoms with van der Waals surface area (Å²) >= 11 is 1.95. The monoisotopic (exact) mass is 328 g/mol. The van der Waals surface area contributed by atoms with Gasteiger partial charge < -0.3 is 5.73 Å². The molecule has 1 aromatic rings. The first-order chi connectivity index (χ1) is 9.94. The van der Waals surface area contributed by atoms with Crippen molar-refractivity contribution in [2.45, 2.75) is 38.1 Å². The highest BCUT2D eigenvalue weighted by molar-refractivity contribution is 7.99. The van der Waals surface area contributed by atoms with Gasteiger partial charge in [0.1, 0.15) is 0 Å². The summed E-state index contributed by atoms with van der Waals surface area (Å²) in [4.78, 5) is 0.360. The molecule has 2 rings (SSSR count). The third kappa shape index (κ3) is 4.22. The molecule has 0 bridgehead atoms. The topological polar surface area (TPSA) is 72.2 Å². The molecule has 1 aromatic carbocycles. The fraction of sp³-hybridized carbons (Fsp3) is 0.600. The van der Waals surface area contributed by atoms with Crippen LogP contribution in [0.3, 0.4) is 0 Å². The van der Waals surface area contributed by atoms with Crippen LogP contribution in [-0.4, -0.2) is 26.5 Å². The number of thioether (sulfide) groups is 1. The maximum absolute atomic E-state index is 12.5. The number of aryl methyl sites for hydroxylation is 2. The van der Waals surface area contributed by atoms with Crippen molar-refractivity contribution in [3.8, 4) is 0 Å². The van der Waals surface area contributed by atoms with E-state index in [0.29, 0.717) is 23.9 Å². The van der Waals surface area contributed by atoms with E-state index in [-0.39, 0.29) is 0 Å². The van der Waals surface area contributed by atoms with Crippen LogP contribution in [0.5, 0.6) is 0 Å². The van der Waals surface area contributed by atoms with Crippen molar-refractivity contribution in [2.75, 3.05) is 18.1 Å². The minimum atomic E-state index is -3.45. The lowest BCUT2D eigenvalue weighted by molar-refractivity contribution is 0.476. The Kier molecular flexibility index (Phi) is 5.71. The largest absolute Gasteiger partial charge is 0.326 e. The number of nitrogens with one attached hydrogen (secondary N) is 1. The van der Waals surface area contributed by atoms with Gasteiger partial charge in [-0.2, -0.15) is 11.8 Å². The molecule has 0 atom stereocenters. The number of hydrogen-bond acceptors (Lipinski definition) is 4. The predicted octanol–water partition coefficient (Wildman–Crippen LogP) is 2.18. The van der Waals surface area contributed by atoms with Crippen molar-refractivity contribution in [3.05, 3.63) is 28.8 Å². The molecule has 21 heavy (non-hydrogen) atoms. The maximum Gasteiger partial charge on any atom is 0.240 e. The maximum atomic E-state index is 12.5. The van der Waals surface area contributed by atoms with Crippen molar-refractivity contribution in [1.82, 2.24) is 4.72 Å². The minimum Gasteiger partial charge on any atom is -0.326 e. The number of benzene rings is 1. The summed E-state index contributed by atoms with van der Waals surface area (Å²) in [5, 5.41) is 0. The van der Waals surface area contributed by atoms with Gasteiger partial charge in [-0.05, 0) is 66.9 Å². The van der Waals surface area contributed by atoms with E-state index in [1.165, 1.54) is 0 Å². The van der Waals surface area contributed by atoms with Crippen molar-refractivity contribution in [2.24, 2.45) is 11.7 Å². The van der Waals surface area contributed by atoms with Crippen LogP contribution in [0.15, 0.2) is 17.0 Å². The van der Waals surface area contributed by atoms with E-state index in [1.54, 1.807) is 6.07 Å². The van der Waals surface area contributed by atoms with Crippen LogP contribution in [0.1, 0.15) is 29.5 Å². The Hall–Kier alpha value is -0.560. The molecule has 1 fully saturated rings. The van der Waals surface area contributed by atoms with Crippen molar-refractivity contribution in [3.63, 3.8) is 0 Å². The van der Waals surface area contributed by atoms with Gasteiger partial charge in [-0.15, -0.1) is 0 Å². The Labute approximate surface area is 131 Å². The van der Waals surface area contributed by atoms with Crippen LogP contribution in [0.25, 0.3) is 0 Å². The van der Waals surface area contributed by atoms with E-state index in [9.17, 15) is 8.42 Å². The number of sulfonamides is 1. The van der Waals surface area contributed by atoms with Crippen LogP contribution in [0.4, 0.5) is 0 Å². The summed E-state index contributed by atoms with van der Waals surface area (Å²) in [7, 11) is -3.45. The zero-order valence-corrected chi connectivity index (χ0v) is 14.3. The molecule has 3 N–H and O–H groups in total. The van der Waals surface area contributed by atoms with E-state index >= 15 is 0 Å². The minimum absolute atomic E-state index is 0.356. The zero-order valence-electron chi connectivity index (χ0n) is 12.7.